The number of anilines is 1. The van der Waals surface area contributed by atoms with Crippen LogP contribution in [0.3, 0.4) is 0 Å². The number of aromatic nitrogens is 2. The molecule has 1 amide bonds. The van der Waals surface area contributed by atoms with E-state index in [2.05, 4.69) is 15.3 Å². The van der Waals surface area contributed by atoms with Gasteiger partial charge in [-0.25, -0.2) is 14.8 Å². The Labute approximate surface area is 171 Å². The molecule has 0 saturated carbocycles. The zero-order chi connectivity index (χ0) is 20.2. The van der Waals surface area contributed by atoms with Gasteiger partial charge in [0.15, 0.2) is 11.2 Å². The summed E-state index contributed by atoms with van der Waals surface area (Å²) >= 11 is 1.31. The summed E-state index contributed by atoms with van der Waals surface area (Å²) in [5, 5.41) is 5.92. The van der Waals surface area contributed by atoms with Crippen LogP contribution in [0.15, 0.2) is 72.1 Å². The second kappa shape index (κ2) is 8.20. The predicted molar refractivity (Wildman–Crippen MR) is 113 cm³/mol. The minimum atomic E-state index is -0.986. The van der Waals surface area contributed by atoms with Crippen LogP contribution in [0.1, 0.15) is 17.4 Å². The molecule has 7 heteroatoms. The van der Waals surface area contributed by atoms with Gasteiger partial charge in [-0.3, -0.25) is 10.1 Å². The van der Waals surface area contributed by atoms with Crippen LogP contribution >= 0.6 is 11.3 Å². The Morgan fingerprint density at radius 3 is 2.55 bits per heavy atom. The Hall–Kier alpha value is -3.58. The average Bonchev–Trinajstić information content (AvgIpc) is 3.22. The highest BCUT2D eigenvalue weighted by molar-refractivity contribution is 7.14. The van der Waals surface area contributed by atoms with Crippen molar-refractivity contribution >= 4 is 39.2 Å². The molecule has 1 atom stereocenters. The van der Waals surface area contributed by atoms with E-state index in [4.69, 9.17) is 4.74 Å². The van der Waals surface area contributed by atoms with Gasteiger partial charge in [-0.15, -0.1) is 11.3 Å². The van der Waals surface area contributed by atoms with Crippen LogP contribution in [0.25, 0.3) is 22.2 Å². The van der Waals surface area contributed by atoms with E-state index >= 15 is 0 Å². The largest absolute Gasteiger partial charge is 0.448 e. The Balaban J connectivity index is 1.40. The number of nitrogens with one attached hydrogen (secondary N) is 1. The van der Waals surface area contributed by atoms with E-state index in [9.17, 15) is 9.59 Å². The van der Waals surface area contributed by atoms with Crippen molar-refractivity contribution in [2.75, 3.05) is 5.32 Å². The van der Waals surface area contributed by atoms with Crippen LogP contribution < -0.4 is 5.32 Å². The highest BCUT2D eigenvalue weighted by Crippen LogP contribution is 2.24. The maximum absolute atomic E-state index is 12.4. The molecule has 1 N–H and O–H groups in total. The summed E-state index contributed by atoms with van der Waals surface area (Å²) in [5.74, 6) is -1.10. The quantitative estimate of drug-likeness (QED) is 0.495. The lowest BCUT2D eigenvalue weighted by Crippen LogP contribution is -2.30. The number of rotatable bonds is 5. The van der Waals surface area contributed by atoms with Crippen molar-refractivity contribution in [2.24, 2.45) is 0 Å². The summed E-state index contributed by atoms with van der Waals surface area (Å²) in [6.07, 6.45) is -0.986. The number of carbonyl (C=O) groups excluding carboxylic acids is 2. The van der Waals surface area contributed by atoms with E-state index in [1.165, 1.54) is 18.3 Å². The summed E-state index contributed by atoms with van der Waals surface area (Å²) in [5.41, 5.74) is 2.58. The molecule has 0 bridgehead atoms. The van der Waals surface area contributed by atoms with E-state index in [0.717, 1.165) is 16.6 Å². The summed E-state index contributed by atoms with van der Waals surface area (Å²) in [6.45, 7) is 1.51. The van der Waals surface area contributed by atoms with Crippen molar-refractivity contribution in [3.8, 4) is 11.3 Å². The topological polar surface area (TPSA) is 81.2 Å². The fourth-order valence-electron chi connectivity index (χ4n) is 2.73. The van der Waals surface area contributed by atoms with Crippen molar-refractivity contribution in [1.29, 1.82) is 0 Å². The fraction of sp³-hybridized carbons (Fsp3) is 0.0909. The summed E-state index contributed by atoms with van der Waals surface area (Å²) in [4.78, 5) is 33.5. The molecule has 0 aliphatic carbocycles. The molecule has 2 heterocycles. The molecule has 0 radical (unpaired) electrons. The molecule has 4 aromatic rings. The zero-order valence-electron chi connectivity index (χ0n) is 15.5. The molecule has 0 fully saturated rings. The maximum Gasteiger partial charge on any atom is 0.357 e. The van der Waals surface area contributed by atoms with Crippen molar-refractivity contribution in [3.63, 3.8) is 0 Å². The minimum Gasteiger partial charge on any atom is -0.448 e. The molecule has 2 aromatic carbocycles. The molecule has 4 rings (SSSR count). The molecule has 0 saturated heterocycles. The van der Waals surface area contributed by atoms with Gasteiger partial charge in [0.05, 0.1) is 11.2 Å². The van der Waals surface area contributed by atoms with Gasteiger partial charge in [0, 0.05) is 16.3 Å². The Morgan fingerprint density at radius 2 is 1.72 bits per heavy atom. The number of carbonyl (C=O) groups is 2. The first kappa shape index (κ1) is 18.8. The highest BCUT2D eigenvalue weighted by atomic mass is 32.1. The predicted octanol–water partition coefficient (Wildman–Crippen LogP) is 4.54. The first-order valence-electron chi connectivity index (χ1n) is 8.99. The first-order chi connectivity index (χ1) is 14.1. The Morgan fingerprint density at radius 1 is 0.966 bits per heavy atom. The number of benzene rings is 2. The highest BCUT2D eigenvalue weighted by Gasteiger charge is 2.21. The van der Waals surface area contributed by atoms with Crippen molar-refractivity contribution in [2.45, 2.75) is 13.0 Å². The van der Waals surface area contributed by atoms with E-state index in [1.807, 2.05) is 60.0 Å². The second-order valence-electron chi connectivity index (χ2n) is 6.33. The molecular formula is C22H17N3O3S. The number of fused-ring (bicyclic) bond motifs is 1. The molecule has 29 heavy (non-hydrogen) atoms. The third-order valence-electron chi connectivity index (χ3n) is 4.26. The lowest BCUT2D eigenvalue weighted by Gasteiger charge is -2.12. The maximum atomic E-state index is 12.4. The number of nitrogens with zero attached hydrogens (tertiary/aromatic N) is 2. The summed E-state index contributed by atoms with van der Waals surface area (Å²) in [6, 6.07) is 20.5. The number of esters is 1. The zero-order valence-corrected chi connectivity index (χ0v) is 16.3. The third-order valence-corrected chi connectivity index (χ3v) is 5.02. The lowest BCUT2D eigenvalue weighted by atomic mass is 10.2. The Bertz CT molecular complexity index is 1170. The molecule has 0 spiro atoms. The van der Waals surface area contributed by atoms with Crippen LogP contribution in [-0.4, -0.2) is 27.9 Å². The SMILES string of the molecule is C[C@H](OC(=O)c1ccc2ccccc2n1)C(=O)Nc1nc(-c2ccccc2)cs1. The van der Waals surface area contributed by atoms with Gasteiger partial charge >= 0.3 is 5.97 Å². The number of hydrogen-bond donors (Lipinski definition) is 1. The van der Waals surface area contributed by atoms with E-state index in [-0.39, 0.29) is 5.69 Å². The number of amides is 1. The van der Waals surface area contributed by atoms with Crippen molar-refractivity contribution < 1.29 is 14.3 Å². The van der Waals surface area contributed by atoms with Gasteiger partial charge in [0.25, 0.3) is 5.91 Å². The molecular weight excluding hydrogens is 386 g/mol. The molecule has 144 valence electrons. The van der Waals surface area contributed by atoms with Crippen LogP contribution in [0.5, 0.6) is 0 Å². The van der Waals surface area contributed by atoms with Crippen molar-refractivity contribution in [3.05, 3.63) is 77.8 Å². The van der Waals surface area contributed by atoms with Crippen LogP contribution in [-0.2, 0) is 9.53 Å². The van der Waals surface area contributed by atoms with Gasteiger partial charge < -0.3 is 4.74 Å². The normalized spacial score (nSPS) is 11.8. The molecule has 0 unspecified atom stereocenters. The first-order valence-corrected chi connectivity index (χ1v) is 9.87. The number of pyridine rings is 1. The standard InChI is InChI=1S/C22H17N3O3S/c1-14(28-21(27)18-12-11-16-9-5-6-10-17(16)23-18)20(26)25-22-24-19(13-29-22)15-7-3-2-4-8-15/h2-14H,1H3,(H,24,25,26)/t14-/m0/s1. The monoisotopic (exact) mass is 403 g/mol. The summed E-state index contributed by atoms with van der Waals surface area (Å²) < 4.78 is 5.27. The smallest absolute Gasteiger partial charge is 0.357 e. The van der Waals surface area contributed by atoms with E-state index in [0.29, 0.717) is 10.6 Å². The molecule has 6 nitrogen and oxygen atoms in total. The van der Waals surface area contributed by atoms with Gasteiger partial charge in [-0.1, -0.05) is 54.6 Å². The van der Waals surface area contributed by atoms with Gasteiger partial charge in [-0.05, 0) is 19.1 Å². The lowest BCUT2D eigenvalue weighted by molar-refractivity contribution is -0.123. The van der Waals surface area contributed by atoms with Crippen LogP contribution in [0.2, 0.25) is 0 Å². The number of ether oxygens (including phenoxy) is 1. The Kier molecular flexibility index (Phi) is 5.31. The molecule has 2 aromatic heterocycles. The fourth-order valence-corrected chi connectivity index (χ4v) is 3.46. The number of para-hydroxylation sites is 1. The second-order valence-corrected chi connectivity index (χ2v) is 7.19. The third kappa shape index (κ3) is 4.30. The van der Waals surface area contributed by atoms with Gasteiger partial charge in [0.1, 0.15) is 5.69 Å². The number of thiazole rings is 1. The molecule has 0 aliphatic heterocycles. The van der Waals surface area contributed by atoms with Crippen LogP contribution in [0.4, 0.5) is 5.13 Å². The van der Waals surface area contributed by atoms with Gasteiger partial charge in [-0.2, -0.15) is 0 Å². The number of hydrogen-bond acceptors (Lipinski definition) is 6. The van der Waals surface area contributed by atoms with Crippen molar-refractivity contribution in [1.82, 2.24) is 9.97 Å². The minimum absolute atomic E-state index is 0.156. The van der Waals surface area contributed by atoms with E-state index in [1.54, 1.807) is 12.1 Å². The summed E-state index contributed by atoms with van der Waals surface area (Å²) in [7, 11) is 0. The molecule has 0 aliphatic rings. The van der Waals surface area contributed by atoms with Gasteiger partial charge in [0.2, 0.25) is 0 Å². The van der Waals surface area contributed by atoms with Crippen LogP contribution in [0, 0.1) is 0 Å². The van der Waals surface area contributed by atoms with E-state index < -0.39 is 18.0 Å². The average molecular weight is 403 g/mol.